The molecule has 0 heterocycles. The molecule has 0 aliphatic rings. The summed E-state index contributed by atoms with van der Waals surface area (Å²) in [7, 11) is 3.25. The first kappa shape index (κ1) is 28.4. The Labute approximate surface area is 235 Å². The molecule has 0 radical (unpaired) electrons. The lowest BCUT2D eigenvalue weighted by Gasteiger charge is -2.39. The van der Waals surface area contributed by atoms with Crippen LogP contribution in [-0.4, -0.2) is 38.1 Å². The number of nitrogens with one attached hydrogen (secondary N) is 2. The number of hydrogen-bond acceptors (Lipinski definition) is 5. The van der Waals surface area contributed by atoms with Gasteiger partial charge in [-0.1, -0.05) is 84.9 Å². The first-order valence-corrected chi connectivity index (χ1v) is 13.1. The van der Waals surface area contributed by atoms with Gasteiger partial charge in [0.1, 0.15) is 17.5 Å². The molecule has 4 aromatic carbocycles. The molecule has 4 N–H and O–H groups in total. The molecule has 206 valence electrons. The molecule has 2 amide bonds. The predicted octanol–water partition coefficient (Wildman–Crippen LogP) is 4.19. The van der Waals surface area contributed by atoms with Gasteiger partial charge in [-0.2, -0.15) is 0 Å². The van der Waals surface area contributed by atoms with Crippen molar-refractivity contribution in [1.82, 2.24) is 10.6 Å². The van der Waals surface area contributed by atoms with Gasteiger partial charge in [0.25, 0.3) is 0 Å². The van der Waals surface area contributed by atoms with Gasteiger partial charge < -0.3 is 20.5 Å². The van der Waals surface area contributed by atoms with Crippen LogP contribution >= 0.6 is 0 Å². The zero-order chi connectivity index (χ0) is 28.5. The van der Waals surface area contributed by atoms with Gasteiger partial charge in [0.05, 0.1) is 25.8 Å². The highest BCUT2D eigenvalue weighted by molar-refractivity contribution is 5.89. The van der Waals surface area contributed by atoms with E-state index in [-0.39, 0.29) is 5.91 Å². The van der Waals surface area contributed by atoms with E-state index in [1.807, 2.05) is 109 Å². The van der Waals surface area contributed by atoms with Crippen molar-refractivity contribution in [3.05, 3.63) is 131 Å². The smallest absolute Gasteiger partial charge is 0.240 e. The Morgan fingerprint density at radius 2 is 1.18 bits per heavy atom. The first-order valence-electron chi connectivity index (χ1n) is 13.1. The van der Waals surface area contributed by atoms with Crippen molar-refractivity contribution in [2.24, 2.45) is 5.73 Å². The molecule has 0 aliphatic carbocycles. The summed E-state index contributed by atoms with van der Waals surface area (Å²) < 4.78 is 10.8. The highest BCUT2D eigenvalue weighted by atomic mass is 16.5. The van der Waals surface area contributed by atoms with Crippen LogP contribution in [0.5, 0.6) is 11.5 Å². The van der Waals surface area contributed by atoms with Gasteiger partial charge in [-0.3, -0.25) is 14.9 Å². The second-order valence-corrected chi connectivity index (χ2v) is 9.59. The molecule has 0 saturated heterocycles. The van der Waals surface area contributed by atoms with Gasteiger partial charge in [0.15, 0.2) is 0 Å². The Hall–Kier alpha value is -4.62. The average molecular weight is 538 g/mol. The molecular formula is C33H35N3O4. The lowest BCUT2D eigenvalue weighted by Crippen LogP contribution is -2.57. The van der Waals surface area contributed by atoms with Gasteiger partial charge in [-0.15, -0.1) is 0 Å². The van der Waals surface area contributed by atoms with E-state index in [0.717, 1.165) is 33.8 Å². The molecule has 7 heteroatoms. The third kappa shape index (κ3) is 6.33. The van der Waals surface area contributed by atoms with Crippen molar-refractivity contribution in [3.8, 4) is 11.5 Å². The number of benzene rings is 4. The summed E-state index contributed by atoms with van der Waals surface area (Å²) in [5.41, 5.74) is 8.40. The monoisotopic (exact) mass is 537 g/mol. The maximum Gasteiger partial charge on any atom is 0.240 e. The third-order valence-corrected chi connectivity index (χ3v) is 7.02. The summed E-state index contributed by atoms with van der Waals surface area (Å²) in [5.74, 6) is 0.499. The summed E-state index contributed by atoms with van der Waals surface area (Å²) >= 11 is 0. The van der Waals surface area contributed by atoms with Gasteiger partial charge >= 0.3 is 0 Å². The fourth-order valence-electron chi connectivity index (χ4n) is 4.88. The van der Waals surface area contributed by atoms with Gasteiger partial charge in [-0.05, 0) is 53.4 Å². The zero-order valence-corrected chi connectivity index (χ0v) is 23.0. The normalized spacial score (nSPS) is 12.7. The maximum absolute atomic E-state index is 13.6. The molecule has 0 unspecified atom stereocenters. The quantitative estimate of drug-likeness (QED) is 0.235. The van der Waals surface area contributed by atoms with Gasteiger partial charge in [-0.25, -0.2) is 0 Å². The number of primary amides is 1. The minimum absolute atomic E-state index is 0.301. The Bertz CT molecular complexity index is 1340. The van der Waals surface area contributed by atoms with Crippen molar-refractivity contribution in [2.75, 3.05) is 14.2 Å². The summed E-state index contributed by atoms with van der Waals surface area (Å²) in [4.78, 5) is 25.9. The molecule has 7 nitrogen and oxygen atoms in total. The Kier molecular flexibility index (Phi) is 9.19. The number of nitrogens with two attached hydrogens (primary N) is 1. The minimum Gasteiger partial charge on any atom is -0.497 e. The van der Waals surface area contributed by atoms with Crippen LogP contribution in [0, 0.1) is 0 Å². The topological polar surface area (TPSA) is 103 Å². The molecule has 2 atom stereocenters. The van der Waals surface area contributed by atoms with E-state index in [2.05, 4.69) is 10.6 Å². The molecule has 0 aliphatic heterocycles. The molecule has 0 spiro atoms. The van der Waals surface area contributed by atoms with E-state index >= 15 is 0 Å². The fraction of sp³-hybridized carbons (Fsp3) is 0.212. The summed E-state index contributed by atoms with van der Waals surface area (Å²) in [6, 6.07) is 33.3. The number of carbonyl (C=O) groups is 2. The third-order valence-electron chi connectivity index (χ3n) is 7.02. The average Bonchev–Trinajstić information content (AvgIpc) is 3.00. The standard InChI is InChI=1S/C33H35N3O4/c1-23(32(38)35-30(31(34)37)22-24-10-6-4-7-11-24)36-33(25-12-8-5-9-13-25,26-14-18-28(39-2)19-15-26)27-16-20-29(40-3)21-17-27/h4-21,23,30,36H,22H2,1-3H3,(H2,34,37)(H,35,38)/t23-,30-/m0/s1. The predicted molar refractivity (Wildman–Crippen MR) is 156 cm³/mol. The Morgan fingerprint density at radius 3 is 1.62 bits per heavy atom. The fourth-order valence-corrected chi connectivity index (χ4v) is 4.88. The van der Waals surface area contributed by atoms with Crippen LogP contribution in [0.2, 0.25) is 0 Å². The van der Waals surface area contributed by atoms with Crippen LogP contribution < -0.4 is 25.8 Å². The molecule has 0 bridgehead atoms. The van der Waals surface area contributed by atoms with Gasteiger partial charge in [0, 0.05) is 6.42 Å². The highest BCUT2D eigenvalue weighted by Crippen LogP contribution is 2.38. The summed E-state index contributed by atoms with van der Waals surface area (Å²) in [6.07, 6.45) is 0.301. The summed E-state index contributed by atoms with van der Waals surface area (Å²) in [6.45, 7) is 1.78. The zero-order valence-electron chi connectivity index (χ0n) is 23.0. The molecule has 0 fully saturated rings. The molecule has 4 aromatic rings. The first-order chi connectivity index (χ1) is 19.4. The number of ether oxygens (including phenoxy) is 2. The van der Waals surface area contributed by atoms with Crippen LogP contribution in [0.25, 0.3) is 0 Å². The molecule has 40 heavy (non-hydrogen) atoms. The van der Waals surface area contributed by atoms with Crippen LogP contribution in [0.3, 0.4) is 0 Å². The van der Waals surface area contributed by atoms with Crippen molar-refractivity contribution in [3.63, 3.8) is 0 Å². The number of rotatable bonds is 12. The lowest BCUT2D eigenvalue weighted by atomic mass is 9.76. The SMILES string of the molecule is COc1ccc(C(N[C@@H](C)C(=O)N[C@@H](Cc2ccccc2)C(N)=O)(c2ccccc2)c2ccc(OC)cc2)cc1. The van der Waals surface area contributed by atoms with Crippen LogP contribution in [0.1, 0.15) is 29.2 Å². The van der Waals surface area contributed by atoms with Gasteiger partial charge in [0.2, 0.25) is 11.8 Å². The van der Waals surface area contributed by atoms with Crippen molar-refractivity contribution < 1.29 is 19.1 Å². The number of hydrogen-bond donors (Lipinski definition) is 3. The van der Waals surface area contributed by atoms with E-state index in [0.29, 0.717) is 6.42 Å². The lowest BCUT2D eigenvalue weighted by molar-refractivity contribution is -0.128. The highest BCUT2D eigenvalue weighted by Gasteiger charge is 2.39. The molecule has 4 rings (SSSR count). The van der Waals surface area contributed by atoms with Crippen LogP contribution in [0.4, 0.5) is 0 Å². The number of methoxy groups -OCH3 is 2. The van der Waals surface area contributed by atoms with E-state index in [1.54, 1.807) is 21.1 Å². The minimum atomic E-state index is -0.932. The van der Waals surface area contributed by atoms with E-state index < -0.39 is 23.5 Å². The van der Waals surface area contributed by atoms with E-state index in [9.17, 15) is 9.59 Å². The number of amides is 2. The van der Waals surface area contributed by atoms with E-state index in [1.165, 1.54) is 0 Å². The van der Waals surface area contributed by atoms with Crippen LogP contribution in [-0.2, 0) is 21.5 Å². The van der Waals surface area contributed by atoms with Crippen LogP contribution in [0.15, 0.2) is 109 Å². The summed E-state index contributed by atoms with van der Waals surface area (Å²) in [5, 5.41) is 6.48. The van der Waals surface area contributed by atoms with Crippen molar-refractivity contribution in [2.45, 2.75) is 31.0 Å². The second kappa shape index (κ2) is 13.0. The molecular weight excluding hydrogens is 502 g/mol. The second-order valence-electron chi connectivity index (χ2n) is 9.59. The van der Waals surface area contributed by atoms with E-state index in [4.69, 9.17) is 15.2 Å². The van der Waals surface area contributed by atoms with Crippen molar-refractivity contribution in [1.29, 1.82) is 0 Å². The number of carbonyl (C=O) groups excluding carboxylic acids is 2. The largest absolute Gasteiger partial charge is 0.497 e. The molecule has 0 aromatic heterocycles. The van der Waals surface area contributed by atoms with Crippen molar-refractivity contribution >= 4 is 11.8 Å². The Morgan fingerprint density at radius 1 is 0.725 bits per heavy atom. The maximum atomic E-state index is 13.6. The Balaban J connectivity index is 1.75. The molecule has 0 saturated carbocycles.